The monoisotopic (exact) mass is 275 g/mol. The van der Waals surface area contributed by atoms with Crippen LogP contribution >= 0.6 is 15.9 Å². The maximum Gasteiger partial charge on any atom is 0.0776 e. The predicted octanol–water partition coefficient (Wildman–Crippen LogP) is 3.65. The summed E-state index contributed by atoms with van der Waals surface area (Å²) in [6.45, 7) is 5.47. The molecule has 1 N–H and O–H groups in total. The van der Waals surface area contributed by atoms with Gasteiger partial charge in [0.1, 0.15) is 0 Å². The second-order valence-corrected chi connectivity index (χ2v) is 7.85. The van der Waals surface area contributed by atoms with E-state index in [0.29, 0.717) is 4.90 Å². The summed E-state index contributed by atoms with van der Waals surface area (Å²) in [5.74, 6) is 0. The summed E-state index contributed by atoms with van der Waals surface area (Å²) in [5.41, 5.74) is 0. The highest BCUT2D eigenvalue weighted by Gasteiger charge is 2.26. The molecule has 0 spiro atoms. The van der Waals surface area contributed by atoms with Crippen LogP contribution in [0.2, 0.25) is 0 Å². The smallest absolute Gasteiger partial charge is 0.0776 e. The van der Waals surface area contributed by atoms with Gasteiger partial charge in [0.15, 0.2) is 0 Å². The van der Waals surface area contributed by atoms with E-state index in [1.807, 2.05) is 32.9 Å². The van der Waals surface area contributed by atoms with Gasteiger partial charge in [-0.15, -0.1) is 0 Å². The Hall–Kier alpha value is -0.350. The summed E-state index contributed by atoms with van der Waals surface area (Å²) < 4.78 is 20.5. The molecule has 78 valence electrons. The van der Waals surface area contributed by atoms with Gasteiger partial charge in [0, 0.05) is 14.1 Å². The Kier molecular flexibility index (Phi) is 3.07. The first-order valence-corrected chi connectivity index (χ1v) is 6.64. The topological polar surface area (TPSA) is 40.9 Å². The second-order valence-electron chi connectivity index (χ2n) is 4.12. The predicted molar refractivity (Wildman–Crippen MR) is 63.0 cm³/mol. The van der Waals surface area contributed by atoms with E-state index in [4.69, 9.17) is 4.78 Å². The number of hydrogen-bond donors (Lipinski definition) is 1. The zero-order chi connectivity index (χ0) is 11.0. The maximum atomic E-state index is 12.2. The molecule has 0 saturated heterocycles. The lowest BCUT2D eigenvalue weighted by Gasteiger charge is -2.22. The molecule has 0 aromatic heterocycles. The van der Waals surface area contributed by atoms with Crippen molar-refractivity contribution in [2.45, 2.75) is 30.4 Å². The molecular formula is C10H14BrNOS. The van der Waals surface area contributed by atoms with Gasteiger partial charge in [0.2, 0.25) is 0 Å². The second kappa shape index (κ2) is 3.66. The van der Waals surface area contributed by atoms with Crippen molar-refractivity contribution in [3.05, 3.63) is 28.7 Å². The lowest BCUT2D eigenvalue weighted by molar-refractivity contribution is 0.637. The molecule has 0 aliphatic rings. The first-order valence-electron chi connectivity index (χ1n) is 4.29. The van der Waals surface area contributed by atoms with Crippen LogP contribution in [0.3, 0.4) is 0 Å². The van der Waals surface area contributed by atoms with Gasteiger partial charge in [-0.05, 0) is 45.0 Å². The highest BCUT2D eigenvalue weighted by molar-refractivity contribution is 9.10. The zero-order valence-corrected chi connectivity index (χ0v) is 10.9. The Morgan fingerprint density at radius 1 is 1.21 bits per heavy atom. The van der Waals surface area contributed by atoms with Crippen LogP contribution in [-0.2, 0) is 9.73 Å². The van der Waals surface area contributed by atoms with Gasteiger partial charge < -0.3 is 0 Å². The largest absolute Gasteiger partial charge is 0.248 e. The maximum absolute atomic E-state index is 12.2. The molecule has 2 nitrogen and oxygen atoms in total. The Bertz CT molecular complexity index is 414. The van der Waals surface area contributed by atoms with Crippen LogP contribution in [0.4, 0.5) is 0 Å². The first-order chi connectivity index (χ1) is 6.25. The number of nitrogens with one attached hydrogen (secondary N) is 1. The average Bonchev–Trinajstić information content (AvgIpc) is 2.03. The molecule has 0 saturated carbocycles. The Morgan fingerprint density at radius 3 is 2.00 bits per heavy atom. The van der Waals surface area contributed by atoms with Crippen molar-refractivity contribution in [1.29, 1.82) is 4.78 Å². The molecule has 0 radical (unpaired) electrons. The fourth-order valence-electron chi connectivity index (χ4n) is 0.980. The van der Waals surface area contributed by atoms with Gasteiger partial charge in [0.05, 0.1) is 9.73 Å². The molecule has 0 aliphatic carbocycles. The minimum absolute atomic E-state index is 0.527. The number of rotatable bonds is 1. The molecule has 1 rings (SSSR count). The SMILES string of the molecule is CC(C)(C)S(=N)(=O)c1ccc(Br)cc1. The van der Waals surface area contributed by atoms with Crippen molar-refractivity contribution in [2.24, 2.45) is 0 Å². The molecule has 0 heterocycles. The van der Waals surface area contributed by atoms with Crippen LogP contribution < -0.4 is 0 Å². The molecule has 0 fully saturated rings. The van der Waals surface area contributed by atoms with Gasteiger partial charge in [0.25, 0.3) is 0 Å². The molecule has 0 bridgehead atoms. The lowest BCUT2D eigenvalue weighted by atomic mass is 10.3. The van der Waals surface area contributed by atoms with Crippen molar-refractivity contribution in [1.82, 2.24) is 0 Å². The molecule has 14 heavy (non-hydrogen) atoms. The highest BCUT2D eigenvalue weighted by atomic mass is 79.9. The van der Waals surface area contributed by atoms with E-state index in [9.17, 15) is 4.21 Å². The van der Waals surface area contributed by atoms with E-state index in [1.165, 1.54) is 0 Å². The summed E-state index contributed by atoms with van der Waals surface area (Å²) >= 11 is 3.31. The summed E-state index contributed by atoms with van der Waals surface area (Å²) in [6.07, 6.45) is 0. The number of halogens is 1. The quantitative estimate of drug-likeness (QED) is 0.835. The Balaban J connectivity index is 3.25. The van der Waals surface area contributed by atoms with E-state index < -0.39 is 14.5 Å². The molecule has 0 amide bonds. The third-order valence-electron chi connectivity index (χ3n) is 2.01. The van der Waals surface area contributed by atoms with Crippen LogP contribution in [0.15, 0.2) is 33.6 Å². The first kappa shape index (κ1) is 11.7. The zero-order valence-electron chi connectivity index (χ0n) is 8.50. The summed E-state index contributed by atoms with van der Waals surface area (Å²) in [6, 6.07) is 7.11. The van der Waals surface area contributed by atoms with Crippen molar-refractivity contribution in [3.63, 3.8) is 0 Å². The number of hydrogen-bond acceptors (Lipinski definition) is 2. The van der Waals surface area contributed by atoms with Gasteiger partial charge in [-0.2, -0.15) is 0 Å². The van der Waals surface area contributed by atoms with E-state index in [1.54, 1.807) is 12.1 Å². The van der Waals surface area contributed by atoms with Crippen LogP contribution in [0.5, 0.6) is 0 Å². The Morgan fingerprint density at radius 2 is 1.64 bits per heavy atom. The van der Waals surface area contributed by atoms with Crippen molar-refractivity contribution >= 4 is 25.7 Å². The average molecular weight is 276 g/mol. The van der Waals surface area contributed by atoms with Gasteiger partial charge >= 0.3 is 0 Å². The summed E-state index contributed by atoms with van der Waals surface area (Å²) in [7, 11) is -2.71. The molecule has 1 aromatic carbocycles. The third-order valence-corrected chi connectivity index (χ3v) is 5.20. The van der Waals surface area contributed by atoms with Gasteiger partial charge in [-0.1, -0.05) is 15.9 Å². The van der Waals surface area contributed by atoms with Crippen LogP contribution in [0.1, 0.15) is 20.8 Å². The van der Waals surface area contributed by atoms with E-state index in [2.05, 4.69) is 15.9 Å². The van der Waals surface area contributed by atoms with Crippen LogP contribution in [0, 0.1) is 4.78 Å². The van der Waals surface area contributed by atoms with E-state index in [-0.39, 0.29) is 0 Å². The Labute approximate surface area is 93.8 Å². The minimum Gasteiger partial charge on any atom is -0.248 e. The summed E-state index contributed by atoms with van der Waals surface area (Å²) in [5, 5.41) is 0. The normalized spacial score (nSPS) is 16.3. The van der Waals surface area contributed by atoms with Gasteiger partial charge in [-0.3, -0.25) is 0 Å². The molecule has 4 heteroatoms. The van der Waals surface area contributed by atoms with Crippen LogP contribution in [-0.4, -0.2) is 8.96 Å². The standard InChI is InChI=1S/C10H14BrNOS/c1-10(2,3)14(12,13)9-6-4-8(11)5-7-9/h4-7,12H,1-3H3. The van der Waals surface area contributed by atoms with Crippen LogP contribution in [0.25, 0.3) is 0 Å². The molecule has 0 aliphatic heterocycles. The fraction of sp³-hybridized carbons (Fsp3) is 0.400. The van der Waals surface area contributed by atoms with Crippen molar-refractivity contribution in [2.75, 3.05) is 0 Å². The minimum atomic E-state index is -2.71. The molecule has 1 unspecified atom stereocenters. The van der Waals surface area contributed by atoms with E-state index in [0.717, 1.165) is 4.47 Å². The van der Waals surface area contributed by atoms with E-state index >= 15 is 0 Å². The molecule has 1 atom stereocenters. The third kappa shape index (κ3) is 2.17. The lowest BCUT2D eigenvalue weighted by Crippen LogP contribution is -2.26. The highest BCUT2D eigenvalue weighted by Crippen LogP contribution is 2.26. The fourth-order valence-corrected chi connectivity index (χ4v) is 2.47. The summed E-state index contributed by atoms with van der Waals surface area (Å²) in [4.78, 5) is 0.591. The van der Waals surface area contributed by atoms with Crippen molar-refractivity contribution in [3.8, 4) is 0 Å². The molecular weight excluding hydrogens is 262 g/mol. The van der Waals surface area contributed by atoms with Gasteiger partial charge in [-0.25, -0.2) is 8.99 Å². The van der Waals surface area contributed by atoms with Crippen molar-refractivity contribution < 1.29 is 4.21 Å². The molecule has 1 aromatic rings. The number of benzene rings is 1.